The summed E-state index contributed by atoms with van der Waals surface area (Å²) in [7, 11) is 0. The van der Waals surface area contributed by atoms with Crippen LogP contribution in [0.3, 0.4) is 0 Å². The number of halogens is 1. The molecule has 88 valence electrons. The monoisotopic (exact) mass is 252 g/mol. The van der Waals surface area contributed by atoms with Gasteiger partial charge in [-0.3, -0.25) is 0 Å². The van der Waals surface area contributed by atoms with E-state index >= 15 is 0 Å². The van der Waals surface area contributed by atoms with Gasteiger partial charge in [0.1, 0.15) is 0 Å². The molecule has 0 saturated carbocycles. The lowest BCUT2D eigenvalue weighted by Gasteiger charge is -2.05. The quantitative estimate of drug-likeness (QED) is 0.764. The topological polar surface area (TPSA) is 95.6 Å². The van der Waals surface area contributed by atoms with Gasteiger partial charge in [0.2, 0.25) is 0 Å². The Hall–Kier alpha value is -2.15. The maximum Gasteiger partial charge on any atom is 0.319 e. The number of nitrogens with one attached hydrogen (secondary N) is 3. The highest BCUT2D eigenvalue weighted by Gasteiger charge is 2.03. The minimum absolute atomic E-state index is 0.204. The number of urea groups is 1. The lowest BCUT2D eigenvalue weighted by Crippen LogP contribution is -2.28. The van der Waals surface area contributed by atoms with Gasteiger partial charge in [-0.1, -0.05) is 16.8 Å². The third-order valence-electron chi connectivity index (χ3n) is 1.90. The van der Waals surface area contributed by atoms with Crippen molar-refractivity contribution < 1.29 is 4.79 Å². The average molecular weight is 253 g/mol. The Morgan fingerprint density at radius 1 is 1.35 bits per heavy atom. The lowest BCUT2D eigenvalue weighted by molar-refractivity contribution is 0.251. The van der Waals surface area contributed by atoms with Gasteiger partial charge in [0, 0.05) is 10.7 Å². The first kappa shape index (κ1) is 11.3. The maximum absolute atomic E-state index is 11.5. The second kappa shape index (κ2) is 5.26. The minimum atomic E-state index is -0.350. The fourth-order valence-corrected chi connectivity index (χ4v) is 1.25. The largest absolute Gasteiger partial charge is 0.330 e. The Labute approximate surface area is 102 Å². The van der Waals surface area contributed by atoms with Crippen LogP contribution in [0.25, 0.3) is 0 Å². The second-order valence-electron chi connectivity index (χ2n) is 3.14. The lowest BCUT2D eigenvalue weighted by atomic mass is 10.3. The standard InChI is InChI=1S/C9H9ClN6O/c10-6-1-3-7(4-2-6)12-9(17)11-5-8-13-15-16-14-8/h1-4H,5H2,(H2,11,12,17)(H,13,14,15,16). The van der Waals surface area contributed by atoms with Crippen molar-refractivity contribution in [1.82, 2.24) is 25.9 Å². The van der Waals surface area contributed by atoms with E-state index in [4.69, 9.17) is 11.6 Å². The molecule has 0 saturated heterocycles. The fraction of sp³-hybridized carbons (Fsp3) is 0.111. The highest BCUT2D eigenvalue weighted by atomic mass is 35.5. The number of tetrazole rings is 1. The van der Waals surface area contributed by atoms with Crippen LogP contribution < -0.4 is 10.6 Å². The maximum atomic E-state index is 11.5. The number of anilines is 1. The van der Waals surface area contributed by atoms with Gasteiger partial charge in [0.25, 0.3) is 0 Å². The van der Waals surface area contributed by atoms with E-state index < -0.39 is 0 Å². The number of rotatable bonds is 3. The number of carbonyl (C=O) groups excluding carboxylic acids is 1. The summed E-state index contributed by atoms with van der Waals surface area (Å²) in [4.78, 5) is 11.5. The van der Waals surface area contributed by atoms with Gasteiger partial charge in [-0.2, -0.15) is 5.21 Å². The van der Waals surface area contributed by atoms with E-state index in [1.807, 2.05) is 0 Å². The molecule has 2 amide bonds. The van der Waals surface area contributed by atoms with Crippen molar-refractivity contribution >= 4 is 23.3 Å². The third kappa shape index (κ3) is 3.42. The molecule has 0 aliphatic rings. The Bertz CT molecular complexity index is 483. The first-order valence-electron chi connectivity index (χ1n) is 4.77. The van der Waals surface area contributed by atoms with Crippen LogP contribution in [0.2, 0.25) is 5.02 Å². The van der Waals surface area contributed by atoms with Crippen molar-refractivity contribution in [2.24, 2.45) is 0 Å². The molecule has 0 unspecified atom stereocenters. The molecule has 8 heteroatoms. The van der Waals surface area contributed by atoms with E-state index in [1.165, 1.54) is 0 Å². The van der Waals surface area contributed by atoms with Crippen molar-refractivity contribution in [3.8, 4) is 0 Å². The van der Waals surface area contributed by atoms with Crippen molar-refractivity contribution in [3.63, 3.8) is 0 Å². The molecule has 0 bridgehead atoms. The molecule has 2 aromatic rings. The number of carbonyl (C=O) groups is 1. The van der Waals surface area contributed by atoms with Gasteiger partial charge in [0.05, 0.1) is 6.54 Å². The average Bonchev–Trinajstić information content (AvgIpc) is 2.83. The molecule has 0 aliphatic heterocycles. The summed E-state index contributed by atoms with van der Waals surface area (Å²) in [5, 5.41) is 18.9. The number of amides is 2. The zero-order valence-electron chi connectivity index (χ0n) is 8.64. The van der Waals surface area contributed by atoms with Crippen molar-refractivity contribution in [1.29, 1.82) is 0 Å². The Morgan fingerprint density at radius 2 is 2.12 bits per heavy atom. The van der Waals surface area contributed by atoms with E-state index in [2.05, 4.69) is 31.3 Å². The fourth-order valence-electron chi connectivity index (χ4n) is 1.13. The molecule has 3 N–H and O–H groups in total. The number of H-pyrrole nitrogens is 1. The number of benzene rings is 1. The molecule has 0 radical (unpaired) electrons. The number of nitrogens with zero attached hydrogens (tertiary/aromatic N) is 3. The Balaban J connectivity index is 1.83. The van der Waals surface area contributed by atoms with E-state index in [9.17, 15) is 4.79 Å². The van der Waals surface area contributed by atoms with Crippen LogP contribution in [0.15, 0.2) is 24.3 Å². The second-order valence-corrected chi connectivity index (χ2v) is 3.58. The van der Waals surface area contributed by atoms with E-state index in [1.54, 1.807) is 24.3 Å². The summed E-state index contributed by atoms with van der Waals surface area (Å²) >= 11 is 5.72. The first-order chi connectivity index (χ1) is 8.24. The first-order valence-corrected chi connectivity index (χ1v) is 5.14. The molecule has 0 spiro atoms. The van der Waals surface area contributed by atoms with Crippen LogP contribution in [0.5, 0.6) is 0 Å². The van der Waals surface area contributed by atoms with Crippen molar-refractivity contribution in [2.75, 3.05) is 5.32 Å². The summed E-state index contributed by atoms with van der Waals surface area (Å²) in [6, 6.07) is 6.44. The summed E-state index contributed by atoms with van der Waals surface area (Å²) in [5.41, 5.74) is 0.653. The summed E-state index contributed by atoms with van der Waals surface area (Å²) in [5.74, 6) is 0.413. The Kier molecular flexibility index (Phi) is 3.51. The number of hydrogen-bond donors (Lipinski definition) is 3. The van der Waals surface area contributed by atoms with E-state index in [0.29, 0.717) is 16.5 Å². The van der Waals surface area contributed by atoms with Gasteiger partial charge < -0.3 is 10.6 Å². The molecule has 2 rings (SSSR count). The van der Waals surface area contributed by atoms with Gasteiger partial charge in [-0.15, -0.1) is 10.2 Å². The predicted octanol–water partition coefficient (Wildman–Crippen LogP) is 1.17. The Morgan fingerprint density at radius 3 is 2.76 bits per heavy atom. The SMILES string of the molecule is O=C(NCc1nn[nH]n1)Nc1ccc(Cl)cc1. The third-order valence-corrected chi connectivity index (χ3v) is 2.15. The highest BCUT2D eigenvalue weighted by molar-refractivity contribution is 6.30. The van der Waals surface area contributed by atoms with Gasteiger partial charge in [0.15, 0.2) is 5.82 Å². The minimum Gasteiger partial charge on any atom is -0.330 e. The number of aromatic amines is 1. The van der Waals surface area contributed by atoms with Crippen LogP contribution >= 0.6 is 11.6 Å². The molecule has 1 aromatic heterocycles. The zero-order chi connectivity index (χ0) is 12.1. The zero-order valence-corrected chi connectivity index (χ0v) is 9.40. The molecular formula is C9H9ClN6O. The van der Waals surface area contributed by atoms with Crippen LogP contribution in [0, 0.1) is 0 Å². The molecule has 7 nitrogen and oxygen atoms in total. The smallest absolute Gasteiger partial charge is 0.319 e. The molecule has 0 atom stereocenters. The molecule has 1 heterocycles. The predicted molar refractivity (Wildman–Crippen MR) is 61.5 cm³/mol. The number of hydrogen-bond acceptors (Lipinski definition) is 4. The van der Waals surface area contributed by atoms with Gasteiger partial charge in [-0.05, 0) is 24.3 Å². The van der Waals surface area contributed by atoms with Crippen LogP contribution in [-0.2, 0) is 6.54 Å². The molecular weight excluding hydrogens is 244 g/mol. The summed E-state index contributed by atoms with van der Waals surface area (Å²) in [6.45, 7) is 0.204. The van der Waals surface area contributed by atoms with Crippen LogP contribution in [-0.4, -0.2) is 26.7 Å². The van der Waals surface area contributed by atoms with Crippen molar-refractivity contribution in [2.45, 2.75) is 6.54 Å². The number of aromatic nitrogens is 4. The summed E-state index contributed by atoms with van der Waals surface area (Å²) in [6.07, 6.45) is 0. The van der Waals surface area contributed by atoms with Gasteiger partial charge >= 0.3 is 6.03 Å². The van der Waals surface area contributed by atoms with Crippen LogP contribution in [0.1, 0.15) is 5.82 Å². The molecule has 17 heavy (non-hydrogen) atoms. The normalized spacial score (nSPS) is 9.94. The highest BCUT2D eigenvalue weighted by Crippen LogP contribution is 2.12. The van der Waals surface area contributed by atoms with Gasteiger partial charge in [-0.25, -0.2) is 4.79 Å². The molecule has 1 aromatic carbocycles. The molecule has 0 aliphatic carbocycles. The van der Waals surface area contributed by atoms with Crippen LogP contribution in [0.4, 0.5) is 10.5 Å². The van der Waals surface area contributed by atoms with Crippen molar-refractivity contribution in [3.05, 3.63) is 35.1 Å². The van der Waals surface area contributed by atoms with E-state index in [-0.39, 0.29) is 12.6 Å². The summed E-state index contributed by atoms with van der Waals surface area (Å²) < 4.78 is 0. The molecule has 0 fully saturated rings. The van der Waals surface area contributed by atoms with E-state index in [0.717, 1.165) is 0 Å².